The topological polar surface area (TPSA) is 108 Å². The molecule has 2 aromatic heterocycles. The lowest BCUT2D eigenvalue weighted by Gasteiger charge is -1.98. The van der Waals surface area contributed by atoms with E-state index < -0.39 is 4.92 Å². The molecule has 2 aromatic rings. The van der Waals surface area contributed by atoms with E-state index in [-0.39, 0.29) is 5.69 Å². The van der Waals surface area contributed by atoms with E-state index in [4.69, 9.17) is 5.73 Å². The van der Waals surface area contributed by atoms with Crippen molar-refractivity contribution in [3.63, 3.8) is 0 Å². The van der Waals surface area contributed by atoms with E-state index in [1.54, 1.807) is 6.92 Å². The summed E-state index contributed by atoms with van der Waals surface area (Å²) in [6.07, 6.45) is 0. The molecule has 0 fully saturated rings. The van der Waals surface area contributed by atoms with Crippen molar-refractivity contribution >= 4 is 22.4 Å². The lowest BCUT2D eigenvalue weighted by Crippen LogP contribution is -1.96. The maximum Gasteiger partial charge on any atom is 0.290 e. The van der Waals surface area contributed by atoms with Crippen LogP contribution in [-0.2, 0) is 0 Å². The second-order valence-corrected chi connectivity index (χ2v) is 3.80. The number of nitrogens with zero attached hydrogens (tertiary/aromatic N) is 4. The third-order valence-electron chi connectivity index (χ3n) is 1.93. The molecular formula is C8H7N5O2S. The number of pyridine rings is 1. The molecule has 0 unspecified atom stereocenters. The Kier molecular flexibility index (Phi) is 2.49. The second kappa shape index (κ2) is 3.81. The highest BCUT2D eigenvalue weighted by Gasteiger charge is 2.14. The van der Waals surface area contributed by atoms with Crippen LogP contribution in [0.5, 0.6) is 0 Å². The van der Waals surface area contributed by atoms with Gasteiger partial charge in [-0.15, -0.1) is 0 Å². The summed E-state index contributed by atoms with van der Waals surface area (Å²) in [4.78, 5) is 18.1. The Labute approximate surface area is 94.3 Å². The van der Waals surface area contributed by atoms with Gasteiger partial charge in [0.2, 0.25) is 0 Å². The van der Waals surface area contributed by atoms with E-state index in [0.717, 1.165) is 11.5 Å². The molecule has 8 heteroatoms. The summed E-state index contributed by atoms with van der Waals surface area (Å²) < 4.78 is 3.97. The first kappa shape index (κ1) is 10.4. The van der Waals surface area contributed by atoms with Gasteiger partial charge in [0.15, 0.2) is 11.0 Å². The number of hydrogen-bond acceptors (Lipinski definition) is 7. The standard InChI is InChI=1S/C8H7N5O2S/c1-4-6(13(14)15)3-2-5(10-4)7-11-8(9)16-12-7/h2-3H,1H3,(H2,9,11,12). The Hall–Kier alpha value is -2.09. The Morgan fingerprint density at radius 2 is 2.19 bits per heavy atom. The number of nitrogens with two attached hydrogens (primary N) is 1. The number of rotatable bonds is 2. The smallest absolute Gasteiger partial charge is 0.290 e. The molecule has 0 spiro atoms. The van der Waals surface area contributed by atoms with Crippen LogP contribution in [0, 0.1) is 17.0 Å². The van der Waals surface area contributed by atoms with Crippen LogP contribution in [0.3, 0.4) is 0 Å². The monoisotopic (exact) mass is 237 g/mol. The number of aromatic nitrogens is 3. The van der Waals surface area contributed by atoms with E-state index >= 15 is 0 Å². The second-order valence-electron chi connectivity index (χ2n) is 3.01. The average molecular weight is 237 g/mol. The Bertz CT molecular complexity index is 553. The van der Waals surface area contributed by atoms with Gasteiger partial charge in [0.25, 0.3) is 5.69 Å². The maximum absolute atomic E-state index is 10.6. The molecule has 2 rings (SSSR count). The summed E-state index contributed by atoms with van der Waals surface area (Å²) in [5.41, 5.74) is 6.23. The van der Waals surface area contributed by atoms with Crippen LogP contribution < -0.4 is 5.73 Å². The van der Waals surface area contributed by atoms with E-state index in [0.29, 0.717) is 22.3 Å². The quantitative estimate of drug-likeness (QED) is 0.624. The summed E-state index contributed by atoms with van der Waals surface area (Å²) >= 11 is 1.06. The number of nitrogen functional groups attached to an aromatic ring is 1. The van der Waals surface area contributed by atoms with Crippen LogP contribution in [0.4, 0.5) is 10.8 Å². The minimum Gasteiger partial charge on any atom is -0.374 e. The van der Waals surface area contributed by atoms with Gasteiger partial charge in [-0.05, 0) is 13.0 Å². The van der Waals surface area contributed by atoms with Crippen LogP contribution in [0.15, 0.2) is 12.1 Å². The molecular weight excluding hydrogens is 230 g/mol. The minimum absolute atomic E-state index is 0.0213. The van der Waals surface area contributed by atoms with Gasteiger partial charge in [-0.25, -0.2) is 4.98 Å². The highest BCUT2D eigenvalue weighted by Crippen LogP contribution is 2.22. The molecule has 0 radical (unpaired) electrons. The zero-order valence-electron chi connectivity index (χ0n) is 8.25. The largest absolute Gasteiger partial charge is 0.374 e. The molecule has 0 aliphatic heterocycles. The summed E-state index contributed by atoms with van der Waals surface area (Å²) in [6, 6.07) is 2.89. The van der Waals surface area contributed by atoms with Gasteiger partial charge in [0, 0.05) is 17.6 Å². The van der Waals surface area contributed by atoms with Gasteiger partial charge >= 0.3 is 0 Å². The van der Waals surface area contributed by atoms with Crippen molar-refractivity contribution in [3.05, 3.63) is 27.9 Å². The normalized spacial score (nSPS) is 10.3. The van der Waals surface area contributed by atoms with Crippen molar-refractivity contribution in [2.24, 2.45) is 0 Å². The molecule has 16 heavy (non-hydrogen) atoms. The first-order valence-corrected chi connectivity index (χ1v) is 5.07. The van der Waals surface area contributed by atoms with Crippen molar-refractivity contribution < 1.29 is 4.92 Å². The molecule has 0 bridgehead atoms. The number of nitro groups is 1. The lowest BCUT2D eigenvalue weighted by molar-refractivity contribution is -0.385. The highest BCUT2D eigenvalue weighted by molar-refractivity contribution is 7.09. The van der Waals surface area contributed by atoms with Gasteiger partial charge in [0.05, 0.1) is 4.92 Å². The third kappa shape index (κ3) is 1.82. The predicted molar refractivity (Wildman–Crippen MR) is 58.9 cm³/mol. The van der Waals surface area contributed by atoms with Crippen molar-refractivity contribution in [2.75, 3.05) is 5.73 Å². The van der Waals surface area contributed by atoms with Crippen molar-refractivity contribution in [1.82, 2.24) is 14.3 Å². The first-order valence-electron chi connectivity index (χ1n) is 4.29. The Balaban J connectivity index is 2.45. The molecule has 0 aliphatic rings. The fourth-order valence-corrected chi connectivity index (χ4v) is 1.65. The first-order chi connectivity index (χ1) is 7.58. The average Bonchev–Trinajstić information content (AvgIpc) is 2.64. The molecule has 2 N–H and O–H groups in total. The van der Waals surface area contributed by atoms with Gasteiger partial charge in [-0.3, -0.25) is 10.1 Å². The third-order valence-corrected chi connectivity index (χ3v) is 2.47. The SMILES string of the molecule is Cc1nc(-c2nsc(N)n2)ccc1[N+](=O)[O-]. The lowest BCUT2D eigenvalue weighted by atomic mass is 10.2. The summed E-state index contributed by atoms with van der Waals surface area (Å²) in [7, 11) is 0. The van der Waals surface area contributed by atoms with Crippen LogP contribution in [-0.4, -0.2) is 19.3 Å². The van der Waals surface area contributed by atoms with Gasteiger partial charge in [-0.2, -0.15) is 9.36 Å². The van der Waals surface area contributed by atoms with Crippen LogP contribution in [0.1, 0.15) is 5.69 Å². The molecule has 0 amide bonds. The van der Waals surface area contributed by atoms with Gasteiger partial charge < -0.3 is 5.73 Å². The van der Waals surface area contributed by atoms with Crippen molar-refractivity contribution in [1.29, 1.82) is 0 Å². The summed E-state index contributed by atoms with van der Waals surface area (Å²) in [5, 5.41) is 10.9. The Morgan fingerprint density at radius 3 is 2.69 bits per heavy atom. The summed E-state index contributed by atoms with van der Waals surface area (Å²) in [6.45, 7) is 1.57. The fourth-order valence-electron chi connectivity index (χ4n) is 1.21. The molecule has 82 valence electrons. The Morgan fingerprint density at radius 1 is 1.44 bits per heavy atom. The van der Waals surface area contributed by atoms with Gasteiger partial charge in [-0.1, -0.05) is 0 Å². The van der Waals surface area contributed by atoms with E-state index in [1.807, 2.05) is 0 Å². The molecule has 2 heterocycles. The molecule has 0 saturated carbocycles. The zero-order valence-corrected chi connectivity index (χ0v) is 9.06. The van der Waals surface area contributed by atoms with Crippen LogP contribution in [0.25, 0.3) is 11.5 Å². The molecule has 0 saturated heterocycles. The zero-order chi connectivity index (χ0) is 11.7. The summed E-state index contributed by atoms with van der Waals surface area (Å²) in [5.74, 6) is 0.389. The van der Waals surface area contributed by atoms with Crippen LogP contribution in [0.2, 0.25) is 0 Å². The highest BCUT2D eigenvalue weighted by atomic mass is 32.1. The number of aryl methyl sites for hydroxylation is 1. The fraction of sp³-hybridized carbons (Fsp3) is 0.125. The van der Waals surface area contributed by atoms with E-state index in [1.165, 1.54) is 12.1 Å². The van der Waals surface area contributed by atoms with E-state index in [9.17, 15) is 10.1 Å². The van der Waals surface area contributed by atoms with Crippen molar-refractivity contribution in [3.8, 4) is 11.5 Å². The maximum atomic E-state index is 10.6. The van der Waals surface area contributed by atoms with Crippen molar-refractivity contribution in [2.45, 2.75) is 6.92 Å². The predicted octanol–water partition coefficient (Wildman–Crippen LogP) is 1.40. The minimum atomic E-state index is -0.477. The molecule has 7 nitrogen and oxygen atoms in total. The van der Waals surface area contributed by atoms with Crippen LogP contribution >= 0.6 is 11.5 Å². The van der Waals surface area contributed by atoms with Gasteiger partial charge in [0.1, 0.15) is 11.4 Å². The number of anilines is 1. The molecule has 0 aliphatic carbocycles. The molecule has 0 aromatic carbocycles. The molecule has 0 atom stereocenters. The number of hydrogen-bond donors (Lipinski definition) is 1. The van der Waals surface area contributed by atoms with E-state index in [2.05, 4.69) is 14.3 Å².